The Kier molecular flexibility index (Phi) is 4.76. The van der Waals surface area contributed by atoms with Crippen LogP contribution in [0, 0.1) is 11.3 Å². The summed E-state index contributed by atoms with van der Waals surface area (Å²) in [7, 11) is 0. The molecule has 0 unspecified atom stereocenters. The van der Waals surface area contributed by atoms with E-state index in [2.05, 4.69) is 15.6 Å². The molecule has 2 heterocycles. The van der Waals surface area contributed by atoms with Crippen molar-refractivity contribution in [2.24, 2.45) is 11.3 Å². The van der Waals surface area contributed by atoms with E-state index in [0.29, 0.717) is 5.92 Å². The van der Waals surface area contributed by atoms with Gasteiger partial charge in [-0.15, -0.1) is 23.7 Å². The van der Waals surface area contributed by atoms with Gasteiger partial charge in [0, 0.05) is 11.4 Å². The van der Waals surface area contributed by atoms with Crippen molar-refractivity contribution in [3.63, 3.8) is 0 Å². The third kappa shape index (κ3) is 2.68. The zero-order chi connectivity index (χ0) is 14.3. The van der Waals surface area contributed by atoms with Gasteiger partial charge < -0.3 is 10.6 Å². The summed E-state index contributed by atoms with van der Waals surface area (Å²) in [6.45, 7) is 1.84. The number of aromatic nitrogens is 1. The van der Waals surface area contributed by atoms with Crippen LogP contribution in [0.25, 0.3) is 0 Å². The van der Waals surface area contributed by atoms with Gasteiger partial charge in [0.05, 0.1) is 11.1 Å². The molecule has 2 atom stereocenters. The Morgan fingerprint density at radius 2 is 2.14 bits per heavy atom. The van der Waals surface area contributed by atoms with Gasteiger partial charge in [-0.2, -0.15) is 0 Å². The van der Waals surface area contributed by atoms with Crippen molar-refractivity contribution in [3.8, 4) is 0 Å². The number of rotatable bonds is 2. The average molecular weight is 342 g/mol. The average Bonchev–Trinajstić information content (AvgIpc) is 3.10. The molecule has 1 saturated heterocycles. The molecule has 2 fully saturated rings. The number of nitrogens with zero attached hydrogens (tertiary/aromatic N) is 1. The summed E-state index contributed by atoms with van der Waals surface area (Å²) in [4.78, 5) is 18.9. The van der Waals surface area contributed by atoms with E-state index in [4.69, 9.17) is 0 Å². The Morgan fingerprint density at radius 1 is 1.27 bits per heavy atom. The fourth-order valence-corrected chi connectivity index (χ4v) is 5.36. The lowest BCUT2D eigenvalue weighted by Crippen LogP contribution is -2.44. The minimum atomic E-state index is -0.176. The molecule has 22 heavy (non-hydrogen) atoms. The number of hydrogen-bond acceptors (Lipinski definition) is 4. The van der Waals surface area contributed by atoms with Crippen LogP contribution < -0.4 is 10.6 Å². The van der Waals surface area contributed by atoms with Gasteiger partial charge in [0.1, 0.15) is 0 Å². The first-order valence-electron chi connectivity index (χ1n) is 8.29. The maximum Gasteiger partial charge on any atom is 0.233 e. The van der Waals surface area contributed by atoms with Crippen LogP contribution in [0.5, 0.6) is 0 Å². The molecule has 2 aliphatic carbocycles. The number of nitrogens with one attached hydrogen (secondary N) is 2. The predicted molar refractivity (Wildman–Crippen MR) is 91.9 cm³/mol. The number of fused-ring (bicyclic) bond motifs is 2. The number of aryl methyl sites for hydroxylation is 2. The zero-order valence-electron chi connectivity index (χ0n) is 12.8. The van der Waals surface area contributed by atoms with Crippen molar-refractivity contribution >= 4 is 34.8 Å². The number of halogens is 1. The molecule has 1 aliphatic heterocycles. The lowest BCUT2D eigenvalue weighted by Gasteiger charge is -2.36. The second kappa shape index (κ2) is 6.46. The highest BCUT2D eigenvalue weighted by Gasteiger charge is 2.50. The number of thiazole rings is 1. The van der Waals surface area contributed by atoms with E-state index in [-0.39, 0.29) is 23.7 Å². The van der Waals surface area contributed by atoms with Crippen LogP contribution in [0.3, 0.4) is 0 Å². The van der Waals surface area contributed by atoms with Gasteiger partial charge >= 0.3 is 0 Å². The third-order valence-corrected chi connectivity index (χ3v) is 6.63. The highest BCUT2D eigenvalue weighted by molar-refractivity contribution is 7.15. The Balaban J connectivity index is 0.00000144. The van der Waals surface area contributed by atoms with Crippen LogP contribution >= 0.6 is 23.7 Å². The molecule has 0 spiro atoms. The molecule has 4 nitrogen and oxygen atoms in total. The van der Waals surface area contributed by atoms with E-state index in [1.807, 2.05) is 0 Å². The van der Waals surface area contributed by atoms with E-state index in [0.717, 1.165) is 37.5 Å². The lowest BCUT2D eigenvalue weighted by atomic mass is 9.68. The summed E-state index contributed by atoms with van der Waals surface area (Å²) < 4.78 is 0. The van der Waals surface area contributed by atoms with Crippen molar-refractivity contribution in [2.45, 2.75) is 51.4 Å². The molecule has 1 aromatic rings. The van der Waals surface area contributed by atoms with E-state index in [1.165, 1.54) is 42.7 Å². The monoisotopic (exact) mass is 341 g/mol. The number of carbonyl (C=O) groups excluding carboxylic acids is 1. The van der Waals surface area contributed by atoms with Crippen LogP contribution in [-0.4, -0.2) is 24.0 Å². The fourth-order valence-electron chi connectivity index (χ4n) is 4.32. The Bertz CT molecular complexity index is 538. The topological polar surface area (TPSA) is 54.0 Å². The fraction of sp³-hybridized carbons (Fsp3) is 0.750. The van der Waals surface area contributed by atoms with Gasteiger partial charge in [-0.1, -0.05) is 12.8 Å². The number of anilines is 1. The van der Waals surface area contributed by atoms with E-state index in [1.54, 1.807) is 11.3 Å². The number of carbonyl (C=O) groups is 1. The van der Waals surface area contributed by atoms with Crippen LogP contribution in [-0.2, 0) is 17.6 Å². The summed E-state index contributed by atoms with van der Waals surface area (Å²) in [5.41, 5.74) is 1.05. The molecular formula is C16H24ClN3OS. The first-order chi connectivity index (χ1) is 10.3. The van der Waals surface area contributed by atoms with Crippen LogP contribution in [0.4, 0.5) is 5.13 Å². The molecule has 2 N–H and O–H groups in total. The molecule has 0 aromatic carbocycles. The van der Waals surface area contributed by atoms with Gasteiger partial charge in [-0.05, 0) is 51.0 Å². The largest absolute Gasteiger partial charge is 0.315 e. The van der Waals surface area contributed by atoms with E-state index in [9.17, 15) is 4.79 Å². The van der Waals surface area contributed by atoms with Gasteiger partial charge in [-0.3, -0.25) is 4.79 Å². The first kappa shape index (κ1) is 16.2. The molecule has 0 radical (unpaired) electrons. The Morgan fingerprint density at radius 3 is 3.00 bits per heavy atom. The molecule has 1 amide bonds. The zero-order valence-corrected chi connectivity index (χ0v) is 14.5. The Labute approximate surface area is 141 Å². The molecule has 1 aromatic heterocycles. The summed E-state index contributed by atoms with van der Waals surface area (Å²) in [5, 5.41) is 7.43. The van der Waals surface area contributed by atoms with Gasteiger partial charge in [-0.25, -0.2) is 4.98 Å². The summed E-state index contributed by atoms with van der Waals surface area (Å²) in [6.07, 6.45) is 9.39. The van der Waals surface area contributed by atoms with Crippen molar-refractivity contribution in [3.05, 3.63) is 10.6 Å². The lowest BCUT2D eigenvalue weighted by molar-refractivity contribution is -0.128. The second-order valence-corrected chi connectivity index (χ2v) is 7.86. The smallest absolute Gasteiger partial charge is 0.233 e. The molecule has 0 bridgehead atoms. The molecule has 3 aliphatic rings. The first-order valence-corrected chi connectivity index (χ1v) is 9.10. The summed E-state index contributed by atoms with van der Waals surface area (Å²) in [6, 6.07) is 0. The summed E-state index contributed by atoms with van der Waals surface area (Å²) in [5.74, 6) is 0.726. The molecule has 1 saturated carbocycles. The maximum absolute atomic E-state index is 12.9. The quantitative estimate of drug-likeness (QED) is 0.868. The van der Waals surface area contributed by atoms with Crippen molar-refractivity contribution < 1.29 is 4.79 Å². The molecular weight excluding hydrogens is 318 g/mol. The number of hydrogen-bond donors (Lipinski definition) is 2. The van der Waals surface area contributed by atoms with Crippen molar-refractivity contribution in [1.82, 2.24) is 10.3 Å². The van der Waals surface area contributed by atoms with Crippen LogP contribution in [0.1, 0.15) is 49.1 Å². The normalized spacial score (nSPS) is 30.1. The molecule has 122 valence electrons. The third-order valence-electron chi connectivity index (χ3n) is 5.56. The van der Waals surface area contributed by atoms with Crippen molar-refractivity contribution in [2.75, 3.05) is 18.4 Å². The second-order valence-electron chi connectivity index (χ2n) is 6.78. The van der Waals surface area contributed by atoms with E-state index < -0.39 is 0 Å². The van der Waals surface area contributed by atoms with Gasteiger partial charge in [0.2, 0.25) is 5.91 Å². The molecule has 4 rings (SSSR count). The Hall–Kier alpha value is -0.650. The van der Waals surface area contributed by atoms with Crippen LogP contribution in [0.2, 0.25) is 0 Å². The van der Waals surface area contributed by atoms with Gasteiger partial charge in [0.15, 0.2) is 5.13 Å². The number of amides is 1. The minimum Gasteiger partial charge on any atom is -0.315 e. The minimum absolute atomic E-state index is 0. The highest BCUT2D eigenvalue weighted by Crippen LogP contribution is 2.44. The maximum atomic E-state index is 12.9. The van der Waals surface area contributed by atoms with E-state index >= 15 is 0 Å². The predicted octanol–water partition coefficient (Wildman–Crippen LogP) is 3.16. The standard InChI is InChI=1S/C16H23N3OS.ClH/c20-14(16-8-4-3-5-11(16)9-17-10-16)19-15-18-12-6-1-2-7-13(12)21-15;/h11,17H,1-10H2,(H,18,19,20);1H/t11-,16+;/m0./s1. The van der Waals surface area contributed by atoms with Crippen LogP contribution in [0.15, 0.2) is 0 Å². The SMILES string of the molecule is Cl.O=C(Nc1nc2c(s1)CCCC2)[C@@]12CCCC[C@H]1CNC2. The van der Waals surface area contributed by atoms with Gasteiger partial charge in [0.25, 0.3) is 0 Å². The highest BCUT2D eigenvalue weighted by atomic mass is 35.5. The van der Waals surface area contributed by atoms with Crippen molar-refractivity contribution in [1.29, 1.82) is 0 Å². The molecule has 6 heteroatoms. The summed E-state index contributed by atoms with van der Waals surface area (Å²) >= 11 is 1.70.